The molecular formula is C14H13F3N2O4. The molecule has 23 heavy (non-hydrogen) atoms. The number of alkyl halides is 3. The average molecular weight is 330 g/mol. The van der Waals surface area contributed by atoms with E-state index in [1.807, 2.05) is 5.32 Å². The summed E-state index contributed by atoms with van der Waals surface area (Å²) in [6.45, 7) is 0. The number of halogens is 3. The van der Waals surface area contributed by atoms with Crippen molar-refractivity contribution in [2.24, 2.45) is 0 Å². The van der Waals surface area contributed by atoms with E-state index in [0.29, 0.717) is 12.1 Å². The molecule has 0 aromatic heterocycles. The van der Waals surface area contributed by atoms with Gasteiger partial charge in [-0.05, 0) is 24.1 Å². The van der Waals surface area contributed by atoms with Crippen molar-refractivity contribution in [2.75, 3.05) is 0 Å². The fraction of sp³-hybridized carbons (Fsp3) is 0.357. The second kappa shape index (κ2) is 7.60. The van der Waals surface area contributed by atoms with Crippen LogP contribution in [-0.2, 0) is 15.8 Å². The first-order valence-corrected chi connectivity index (χ1v) is 6.42. The van der Waals surface area contributed by atoms with E-state index in [1.165, 1.54) is 0 Å². The molecule has 6 nitrogen and oxygen atoms in total. The van der Waals surface area contributed by atoms with Gasteiger partial charge >= 0.3 is 12.1 Å². The van der Waals surface area contributed by atoms with Gasteiger partial charge in [-0.2, -0.15) is 18.4 Å². The molecule has 0 saturated heterocycles. The zero-order chi connectivity index (χ0) is 17.6. The minimum atomic E-state index is -4.54. The number of aliphatic carboxylic acids is 1. The van der Waals surface area contributed by atoms with E-state index in [-0.39, 0.29) is 18.4 Å². The summed E-state index contributed by atoms with van der Waals surface area (Å²) in [6.07, 6.45) is -6.64. The lowest BCUT2D eigenvalue weighted by Crippen LogP contribution is -2.43. The van der Waals surface area contributed by atoms with E-state index < -0.39 is 35.8 Å². The predicted molar refractivity (Wildman–Crippen MR) is 70.8 cm³/mol. The molecule has 0 heterocycles. The number of rotatable bonds is 6. The number of carbonyl (C=O) groups excluding carboxylic acids is 1. The Morgan fingerprint density at radius 3 is 2.26 bits per heavy atom. The highest BCUT2D eigenvalue weighted by Crippen LogP contribution is 2.29. The van der Waals surface area contributed by atoms with Crippen molar-refractivity contribution in [1.82, 2.24) is 5.32 Å². The minimum absolute atomic E-state index is 0.111. The number of carboxylic acid groups (broad SMARTS) is 1. The van der Waals surface area contributed by atoms with Crippen LogP contribution in [0.25, 0.3) is 0 Å². The maximum absolute atomic E-state index is 12.4. The largest absolute Gasteiger partial charge is 0.480 e. The van der Waals surface area contributed by atoms with Gasteiger partial charge in [-0.3, -0.25) is 4.79 Å². The van der Waals surface area contributed by atoms with Crippen LogP contribution in [0.4, 0.5) is 13.2 Å². The van der Waals surface area contributed by atoms with Crippen molar-refractivity contribution < 1.29 is 33.0 Å². The molecule has 9 heteroatoms. The monoisotopic (exact) mass is 330 g/mol. The van der Waals surface area contributed by atoms with Gasteiger partial charge in [0.05, 0.1) is 11.6 Å². The molecule has 0 bridgehead atoms. The van der Waals surface area contributed by atoms with Crippen LogP contribution in [0.2, 0.25) is 0 Å². The zero-order valence-electron chi connectivity index (χ0n) is 11.7. The maximum Gasteiger partial charge on any atom is 0.416 e. The van der Waals surface area contributed by atoms with E-state index in [0.717, 1.165) is 12.1 Å². The number of nitrogens with zero attached hydrogens (tertiary/aromatic N) is 1. The molecule has 0 radical (unpaired) electrons. The first kappa shape index (κ1) is 18.4. The van der Waals surface area contributed by atoms with Crippen LogP contribution in [0.1, 0.15) is 30.1 Å². The standard InChI is InChI=1S/C14H13F3N2O4/c15-14(16,17)9-5-3-8(4-6-9)11(20)12(21)19-10(13(22)23)2-1-7-18/h3-6,10-11,20H,1-2H2,(H,19,21)(H,22,23)/t10-,11+/m0/s1. The van der Waals surface area contributed by atoms with Crippen molar-refractivity contribution in [3.05, 3.63) is 35.4 Å². The average Bonchev–Trinajstić information content (AvgIpc) is 2.49. The van der Waals surface area contributed by atoms with Crippen molar-refractivity contribution >= 4 is 11.9 Å². The van der Waals surface area contributed by atoms with Gasteiger partial charge in [0.2, 0.25) is 0 Å². The molecule has 1 aromatic rings. The third-order valence-electron chi connectivity index (χ3n) is 2.96. The molecule has 0 aliphatic heterocycles. The number of nitrogens with one attached hydrogen (secondary N) is 1. The highest BCUT2D eigenvalue weighted by molar-refractivity contribution is 5.86. The van der Waals surface area contributed by atoms with Gasteiger partial charge in [0.25, 0.3) is 5.91 Å². The van der Waals surface area contributed by atoms with Crippen molar-refractivity contribution in [3.8, 4) is 6.07 Å². The summed E-state index contributed by atoms with van der Waals surface area (Å²) >= 11 is 0. The molecule has 1 amide bonds. The fourth-order valence-corrected chi connectivity index (χ4v) is 1.72. The van der Waals surface area contributed by atoms with Gasteiger partial charge in [0.15, 0.2) is 6.10 Å². The number of hydrogen-bond donors (Lipinski definition) is 3. The molecule has 0 fully saturated rings. The van der Waals surface area contributed by atoms with E-state index >= 15 is 0 Å². The Balaban J connectivity index is 2.79. The summed E-state index contributed by atoms with van der Waals surface area (Å²) in [4.78, 5) is 22.7. The quantitative estimate of drug-likeness (QED) is 0.734. The lowest BCUT2D eigenvalue weighted by atomic mass is 10.1. The van der Waals surface area contributed by atoms with Crippen LogP contribution in [0.3, 0.4) is 0 Å². The van der Waals surface area contributed by atoms with Crippen molar-refractivity contribution in [1.29, 1.82) is 5.26 Å². The Hall–Kier alpha value is -2.60. The second-order valence-electron chi connectivity index (χ2n) is 4.62. The van der Waals surface area contributed by atoms with E-state index in [2.05, 4.69) is 0 Å². The van der Waals surface area contributed by atoms with Crippen LogP contribution in [0.15, 0.2) is 24.3 Å². The molecule has 0 spiro atoms. The first-order chi connectivity index (χ1) is 10.7. The fourth-order valence-electron chi connectivity index (χ4n) is 1.72. The predicted octanol–water partition coefficient (Wildman–Crippen LogP) is 1.61. The number of hydrogen-bond acceptors (Lipinski definition) is 4. The molecule has 0 unspecified atom stereocenters. The summed E-state index contributed by atoms with van der Waals surface area (Å²) < 4.78 is 37.3. The van der Waals surface area contributed by atoms with Gasteiger partial charge in [-0.15, -0.1) is 0 Å². The Bertz CT molecular complexity index is 608. The Morgan fingerprint density at radius 1 is 1.26 bits per heavy atom. The molecule has 0 aliphatic carbocycles. The molecule has 1 aromatic carbocycles. The smallest absolute Gasteiger partial charge is 0.416 e. The van der Waals surface area contributed by atoms with E-state index in [9.17, 15) is 27.9 Å². The van der Waals surface area contributed by atoms with Crippen LogP contribution in [-0.4, -0.2) is 28.1 Å². The van der Waals surface area contributed by atoms with E-state index in [1.54, 1.807) is 6.07 Å². The lowest BCUT2D eigenvalue weighted by Gasteiger charge is -2.17. The zero-order valence-corrected chi connectivity index (χ0v) is 11.7. The Kier molecular flexibility index (Phi) is 6.10. The normalized spacial score (nSPS) is 13.7. The lowest BCUT2D eigenvalue weighted by molar-refractivity contribution is -0.143. The highest BCUT2D eigenvalue weighted by Gasteiger charge is 2.31. The number of amides is 1. The minimum Gasteiger partial charge on any atom is -0.480 e. The number of carboxylic acids is 1. The summed E-state index contributed by atoms with van der Waals surface area (Å²) in [5.74, 6) is -2.46. The topological polar surface area (TPSA) is 110 Å². The van der Waals surface area contributed by atoms with Crippen LogP contribution >= 0.6 is 0 Å². The van der Waals surface area contributed by atoms with Crippen LogP contribution in [0, 0.1) is 11.3 Å². The summed E-state index contributed by atoms with van der Waals surface area (Å²) in [5.41, 5.74) is -1.05. The third kappa shape index (κ3) is 5.27. The van der Waals surface area contributed by atoms with Crippen LogP contribution in [0.5, 0.6) is 0 Å². The summed E-state index contributed by atoms with van der Waals surface area (Å²) in [6, 6.07) is 3.62. The summed E-state index contributed by atoms with van der Waals surface area (Å²) in [7, 11) is 0. The van der Waals surface area contributed by atoms with Gasteiger partial charge in [-0.25, -0.2) is 4.79 Å². The van der Waals surface area contributed by atoms with Gasteiger partial charge in [0, 0.05) is 6.42 Å². The molecule has 3 N–H and O–H groups in total. The van der Waals surface area contributed by atoms with E-state index in [4.69, 9.17) is 10.4 Å². The molecule has 1 rings (SSSR count). The van der Waals surface area contributed by atoms with Gasteiger partial charge in [-0.1, -0.05) is 12.1 Å². The third-order valence-corrected chi connectivity index (χ3v) is 2.96. The highest BCUT2D eigenvalue weighted by atomic mass is 19.4. The SMILES string of the molecule is N#CCC[C@H](NC(=O)[C@H](O)c1ccc(C(F)(F)F)cc1)C(=O)O. The number of benzene rings is 1. The summed E-state index contributed by atoms with van der Waals surface area (Å²) in [5, 5.41) is 29.1. The van der Waals surface area contributed by atoms with Crippen molar-refractivity contribution in [3.63, 3.8) is 0 Å². The molecule has 124 valence electrons. The first-order valence-electron chi connectivity index (χ1n) is 6.42. The van der Waals surface area contributed by atoms with Crippen LogP contribution < -0.4 is 5.32 Å². The number of carbonyl (C=O) groups is 2. The Labute approximate surface area is 129 Å². The second-order valence-corrected chi connectivity index (χ2v) is 4.62. The molecular weight excluding hydrogens is 317 g/mol. The maximum atomic E-state index is 12.4. The Morgan fingerprint density at radius 2 is 1.83 bits per heavy atom. The number of nitriles is 1. The van der Waals surface area contributed by atoms with Gasteiger partial charge < -0.3 is 15.5 Å². The molecule has 0 aliphatic rings. The molecule has 2 atom stereocenters. The number of aliphatic hydroxyl groups excluding tert-OH is 1. The number of aliphatic hydroxyl groups is 1. The molecule has 0 saturated carbocycles. The van der Waals surface area contributed by atoms with Gasteiger partial charge in [0.1, 0.15) is 6.04 Å². The van der Waals surface area contributed by atoms with Crippen molar-refractivity contribution in [2.45, 2.75) is 31.2 Å².